The molecule has 0 bridgehead atoms. The van der Waals surface area contributed by atoms with Crippen molar-refractivity contribution in [2.45, 2.75) is 13.0 Å². The Morgan fingerprint density at radius 1 is 0.966 bits per heavy atom. The molecule has 4 rings (SSSR count). The molecule has 1 atom stereocenters. The Morgan fingerprint density at radius 3 is 2.21 bits per heavy atom. The minimum Gasteiger partial charge on any atom is -0.465 e. The number of esters is 1. The molecule has 8 nitrogen and oxygen atoms in total. The van der Waals surface area contributed by atoms with Crippen LogP contribution >= 0.6 is 0 Å². The van der Waals surface area contributed by atoms with E-state index in [1.807, 2.05) is 0 Å². The molecule has 1 aliphatic rings. The zero-order valence-electron chi connectivity index (χ0n) is 15.7. The van der Waals surface area contributed by atoms with Crippen molar-refractivity contribution >= 4 is 17.8 Å². The minimum atomic E-state index is -0.659. The number of nitrogens with zero attached hydrogens (tertiary/aromatic N) is 4. The molecule has 0 saturated carbocycles. The molecule has 0 aliphatic carbocycles. The molecule has 0 N–H and O–H groups in total. The number of aromatic nitrogens is 3. The van der Waals surface area contributed by atoms with E-state index in [9.17, 15) is 14.4 Å². The van der Waals surface area contributed by atoms with Gasteiger partial charge in [0.15, 0.2) is 0 Å². The topological polar surface area (TPSA) is 102 Å². The Balaban J connectivity index is 1.71. The maximum absolute atomic E-state index is 12.8. The van der Waals surface area contributed by atoms with E-state index in [1.54, 1.807) is 43.3 Å². The van der Waals surface area contributed by atoms with Crippen LogP contribution in [0, 0.1) is 0 Å². The number of ether oxygens (including phenoxy) is 1. The highest BCUT2D eigenvalue weighted by Crippen LogP contribution is 2.33. The van der Waals surface area contributed by atoms with Crippen LogP contribution in [0.25, 0.3) is 11.4 Å². The summed E-state index contributed by atoms with van der Waals surface area (Å²) in [6.07, 6.45) is 4.38. The van der Waals surface area contributed by atoms with E-state index in [2.05, 4.69) is 19.7 Å². The van der Waals surface area contributed by atoms with E-state index < -0.39 is 12.0 Å². The van der Waals surface area contributed by atoms with Crippen LogP contribution in [0.5, 0.6) is 0 Å². The number of hydrogen-bond acceptors (Lipinski definition) is 7. The van der Waals surface area contributed by atoms with Gasteiger partial charge in [-0.3, -0.25) is 29.4 Å². The zero-order chi connectivity index (χ0) is 20.5. The van der Waals surface area contributed by atoms with Gasteiger partial charge in [-0.15, -0.1) is 0 Å². The van der Waals surface area contributed by atoms with E-state index in [0.29, 0.717) is 33.8 Å². The van der Waals surface area contributed by atoms with Crippen LogP contribution in [0.2, 0.25) is 0 Å². The van der Waals surface area contributed by atoms with E-state index in [0.717, 1.165) is 0 Å². The Bertz CT molecular complexity index is 1090. The molecule has 0 saturated heterocycles. The Kier molecular flexibility index (Phi) is 4.59. The maximum Gasteiger partial charge on any atom is 0.339 e. The molecule has 0 spiro atoms. The molecule has 3 heterocycles. The van der Waals surface area contributed by atoms with Crippen molar-refractivity contribution in [2.24, 2.45) is 0 Å². The van der Waals surface area contributed by atoms with Gasteiger partial charge < -0.3 is 4.74 Å². The fourth-order valence-corrected chi connectivity index (χ4v) is 3.31. The Labute approximate surface area is 166 Å². The van der Waals surface area contributed by atoms with Crippen molar-refractivity contribution in [3.63, 3.8) is 0 Å². The lowest BCUT2D eigenvalue weighted by molar-refractivity contribution is 0.0583. The van der Waals surface area contributed by atoms with Crippen LogP contribution in [0.3, 0.4) is 0 Å². The lowest BCUT2D eigenvalue weighted by atomic mass is 10.1. The van der Waals surface area contributed by atoms with Gasteiger partial charge in [0.25, 0.3) is 11.8 Å². The molecule has 0 unspecified atom stereocenters. The first-order valence-corrected chi connectivity index (χ1v) is 8.85. The van der Waals surface area contributed by atoms with Crippen molar-refractivity contribution in [3.05, 3.63) is 77.4 Å². The number of amides is 2. The van der Waals surface area contributed by atoms with Crippen LogP contribution in [0.4, 0.5) is 0 Å². The highest BCUT2D eigenvalue weighted by molar-refractivity contribution is 6.21. The molecule has 1 aromatic carbocycles. The molecule has 0 fully saturated rings. The van der Waals surface area contributed by atoms with Gasteiger partial charge in [0.2, 0.25) is 0 Å². The molecular formula is C21H16N4O4. The first kappa shape index (κ1) is 18.4. The van der Waals surface area contributed by atoms with Gasteiger partial charge in [0.1, 0.15) is 5.69 Å². The van der Waals surface area contributed by atoms with Crippen molar-refractivity contribution in [3.8, 4) is 11.4 Å². The molecule has 1 aliphatic heterocycles. The summed E-state index contributed by atoms with van der Waals surface area (Å²) in [7, 11) is 1.29. The summed E-state index contributed by atoms with van der Waals surface area (Å²) in [6, 6.07) is 9.24. The summed E-state index contributed by atoms with van der Waals surface area (Å²) in [4.78, 5) is 51.4. The molecular weight excluding hydrogens is 372 g/mol. The van der Waals surface area contributed by atoms with Crippen LogP contribution < -0.4 is 0 Å². The molecule has 29 heavy (non-hydrogen) atoms. The van der Waals surface area contributed by atoms with E-state index in [1.165, 1.54) is 30.6 Å². The number of carbonyl (C=O) groups excluding carboxylic acids is 3. The summed E-state index contributed by atoms with van der Waals surface area (Å²) in [5, 5.41) is 0. The van der Waals surface area contributed by atoms with E-state index in [4.69, 9.17) is 0 Å². The summed E-state index contributed by atoms with van der Waals surface area (Å²) >= 11 is 0. The predicted octanol–water partition coefficient (Wildman–Crippen LogP) is 2.68. The summed E-state index contributed by atoms with van der Waals surface area (Å²) in [5.74, 6) is -1.24. The second-order valence-electron chi connectivity index (χ2n) is 6.42. The molecule has 3 aromatic rings. The van der Waals surface area contributed by atoms with Crippen molar-refractivity contribution < 1.29 is 19.1 Å². The molecule has 144 valence electrons. The van der Waals surface area contributed by atoms with Gasteiger partial charge in [-0.05, 0) is 31.2 Å². The second-order valence-corrected chi connectivity index (χ2v) is 6.42. The largest absolute Gasteiger partial charge is 0.465 e. The second kappa shape index (κ2) is 7.23. The third-order valence-electron chi connectivity index (χ3n) is 4.76. The summed E-state index contributed by atoms with van der Waals surface area (Å²) in [5.41, 5.74) is 2.36. The average Bonchev–Trinajstić information content (AvgIpc) is 3.03. The number of fused-ring (bicyclic) bond motifs is 1. The molecule has 8 heteroatoms. The van der Waals surface area contributed by atoms with Crippen molar-refractivity contribution in [2.75, 3.05) is 7.11 Å². The standard InChI is InChI=1S/C21H16N4O4/c1-12(25-19(26)14-5-3-4-6-15(14)20(25)27)17-18(23-10-9-22-17)16-8-7-13(11-24-16)21(28)29-2/h3-12H,1-2H3/t12-/m1/s1. The van der Waals surface area contributed by atoms with E-state index >= 15 is 0 Å². The quantitative estimate of drug-likeness (QED) is 0.500. The van der Waals surface area contributed by atoms with Gasteiger partial charge in [0, 0.05) is 18.6 Å². The molecule has 0 radical (unpaired) electrons. The van der Waals surface area contributed by atoms with Gasteiger partial charge in [-0.1, -0.05) is 12.1 Å². The highest BCUT2D eigenvalue weighted by Gasteiger charge is 2.40. The number of methoxy groups -OCH3 is 1. The number of imide groups is 1. The highest BCUT2D eigenvalue weighted by atomic mass is 16.5. The monoisotopic (exact) mass is 388 g/mol. The van der Waals surface area contributed by atoms with E-state index in [-0.39, 0.29) is 11.8 Å². The molecule has 2 aromatic heterocycles. The Morgan fingerprint density at radius 2 is 1.62 bits per heavy atom. The number of carbonyl (C=O) groups is 3. The number of rotatable bonds is 4. The van der Waals surface area contributed by atoms with Crippen LogP contribution in [-0.4, -0.2) is 44.7 Å². The fourth-order valence-electron chi connectivity index (χ4n) is 3.31. The predicted molar refractivity (Wildman–Crippen MR) is 102 cm³/mol. The van der Waals surface area contributed by atoms with Crippen LogP contribution in [-0.2, 0) is 4.74 Å². The smallest absolute Gasteiger partial charge is 0.339 e. The lowest BCUT2D eigenvalue weighted by Crippen LogP contribution is -2.33. The summed E-state index contributed by atoms with van der Waals surface area (Å²) in [6.45, 7) is 1.72. The van der Waals surface area contributed by atoms with Crippen LogP contribution in [0.1, 0.15) is 49.7 Å². The van der Waals surface area contributed by atoms with Gasteiger partial charge in [-0.25, -0.2) is 4.79 Å². The van der Waals surface area contributed by atoms with Crippen molar-refractivity contribution in [1.82, 2.24) is 19.9 Å². The normalized spacial score (nSPS) is 13.9. The van der Waals surface area contributed by atoms with Gasteiger partial charge in [0.05, 0.1) is 41.2 Å². The number of pyridine rings is 1. The van der Waals surface area contributed by atoms with Crippen LogP contribution in [0.15, 0.2) is 55.0 Å². The first-order chi connectivity index (χ1) is 14.0. The number of hydrogen-bond donors (Lipinski definition) is 0. The zero-order valence-corrected chi connectivity index (χ0v) is 15.7. The maximum atomic E-state index is 12.8. The van der Waals surface area contributed by atoms with Gasteiger partial charge in [-0.2, -0.15) is 0 Å². The third kappa shape index (κ3) is 3.04. The number of benzene rings is 1. The van der Waals surface area contributed by atoms with Crippen molar-refractivity contribution in [1.29, 1.82) is 0 Å². The minimum absolute atomic E-state index is 0.301. The third-order valence-corrected chi connectivity index (χ3v) is 4.76. The molecule has 2 amide bonds. The fraction of sp³-hybridized carbons (Fsp3) is 0.143. The first-order valence-electron chi connectivity index (χ1n) is 8.85. The van der Waals surface area contributed by atoms with Gasteiger partial charge >= 0.3 is 5.97 Å². The Hall–Kier alpha value is -3.94. The lowest BCUT2D eigenvalue weighted by Gasteiger charge is -2.23. The average molecular weight is 388 g/mol. The summed E-state index contributed by atoms with van der Waals surface area (Å²) < 4.78 is 4.68. The SMILES string of the molecule is COC(=O)c1ccc(-c2nccnc2[C@@H](C)N2C(=O)c3ccccc3C2=O)nc1.